The SMILES string of the molecule is CC(C)N(CCC(=O)O)c1ncc[nH]c1=O. The first-order valence-electron chi connectivity index (χ1n) is 5.04. The number of carboxylic acid groups (broad SMARTS) is 1. The van der Waals surface area contributed by atoms with Gasteiger partial charge in [0, 0.05) is 25.0 Å². The van der Waals surface area contributed by atoms with Crippen molar-refractivity contribution in [3.05, 3.63) is 22.7 Å². The highest BCUT2D eigenvalue weighted by molar-refractivity contribution is 5.67. The molecule has 0 radical (unpaired) electrons. The summed E-state index contributed by atoms with van der Waals surface area (Å²) in [5.74, 6) is -0.628. The van der Waals surface area contributed by atoms with Crippen molar-refractivity contribution < 1.29 is 9.90 Å². The van der Waals surface area contributed by atoms with Gasteiger partial charge in [0.1, 0.15) is 0 Å². The number of aliphatic carboxylic acids is 1. The van der Waals surface area contributed by atoms with Gasteiger partial charge in [0.15, 0.2) is 5.82 Å². The smallest absolute Gasteiger partial charge is 0.305 e. The molecule has 0 spiro atoms. The molecule has 0 aromatic carbocycles. The van der Waals surface area contributed by atoms with E-state index in [9.17, 15) is 9.59 Å². The maximum absolute atomic E-state index is 11.5. The summed E-state index contributed by atoms with van der Waals surface area (Å²) in [7, 11) is 0. The van der Waals surface area contributed by atoms with Gasteiger partial charge in [-0.05, 0) is 13.8 Å². The summed E-state index contributed by atoms with van der Waals surface area (Å²) in [6, 6.07) is 0.0235. The van der Waals surface area contributed by atoms with Gasteiger partial charge < -0.3 is 15.0 Å². The zero-order chi connectivity index (χ0) is 12.1. The van der Waals surface area contributed by atoms with Crippen molar-refractivity contribution in [3.8, 4) is 0 Å². The molecular weight excluding hydrogens is 210 g/mol. The Kier molecular flexibility index (Phi) is 4.04. The molecule has 1 aromatic rings. The third-order valence-electron chi connectivity index (χ3n) is 2.15. The van der Waals surface area contributed by atoms with Crippen molar-refractivity contribution in [2.75, 3.05) is 11.4 Å². The number of H-pyrrole nitrogens is 1. The lowest BCUT2D eigenvalue weighted by Gasteiger charge is -2.25. The second kappa shape index (κ2) is 5.29. The summed E-state index contributed by atoms with van der Waals surface area (Å²) < 4.78 is 0. The van der Waals surface area contributed by atoms with E-state index in [1.807, 2.05) is 13.8 Å². The highest BCUT2D eigenvalue weighted by atomic mass is 16.4. The number of hydrogen-bond donors (Lipinski definition) is 2. The molecule has 0 aliphatic heterocycles. The van der Waals surface area contributed by atoms with Crippen LogP contribution in [0.3, 0.4) is 0 Å². The minimum absolute atomic E-state index is 0.0196. The molecular formula is C10H15N3O3. The summed E-state index contributed by atoms with van der Waals surface area (Å²) in [6.45, 7) is 4.04. The molecule has 0 bridgehead atoms. The standard InChI is InChI=1S/C10H15N3O3/c1-7(2)13(6-3-8(14)15)9-10(16)12-5-4-11-9/h4-5,7H,3,6H2,1-2H3,(H,12,16)(H,14,15). The van der Waals surface area contributed by atoms with Crippen LogP contribution in [-0.2, 0) is 4.79 Å². The van der Waals surface area contributed by atoms with E-state index in [4.69, 9.17) is 5.11 Å². The van der Waals surface area contributed by atoms with Crippen molar-refractivity contribution in [1.82, 2.24) is 9.97 Å². The van der Waals surface area contributed by atoms with Gasteiger partial charge in [-0.2, -0.15) is 0 Å². The molecule has 0 fully saturated rings. The summed E-state index contributed by atoms with van der Waals surface area (Å²) in [4.78, 5) is 30.2. The van der Waals surface area contributed by atoms with E-state index in [0.717, 1.165) is 0 Å². The van der Waals surface area contributed by atoms with Crippen LogP contribution in [0.4, 0.5) is 5.82 Å². The van der Waals surface area contributed by atoms with Crippen LogP contribution < -0.4 is 10.5 Å². The average Bonchev–Trinajstić information content (AvgIpc) is 2.20. The van der Waals surface area contributed by atoms with Crippen molar-refractivity contribution in [2.24, 2.45) is 0 Å². The van der Waals surface area contributed by atoms with E-state index >= 15 is 0 Å². The second-order valence-electron chi connectivity index (χ2n) is 3.67. The summed E-state index contributed by atoms with van der Waals surface area (Å²) in [5.41, 5.74) is -0.304. The predicted octanol–water partition coefficient (Wildman–Crippen LogP) is 0.459. The molecule has 1 aromatic heterocycles. The number of carboxylic acids is 1. The Morgan fingerprint density at radius 1 is 1.62 bits per heavy atom. The summed E-state index contributed by atoms with van der Waals surface area (Å²) in [5, 5.41) is 8.63. The highest BCUT2D eigenvalue weighted by Crippen LogP contribution is 2.08. The molecule has 0 saturated heterocycles. The topological polar surface area (TPSA) is 86.3 Å². The van der Waals surface area contributed by atoms with Gasteiger partial charge >= 0.3 is 5.97 Å². The predicted molar refractivity (Wildman–Crippen MR) is 59.6 cm³/mol. The van der Waals surface area contributed by atoms with Gasteiger partial charge in [-0.3, -0.25) is 9.59 Å². The van der Waals surface area contributed by atoms with Crippen LogP contribution in [-0.4, -0.2) is 33.6 Å². The van der Waals surface area contributed by atoms with E-state index < -0.39 is 5.97 Å². The van der Waals surface area contributed by atoms with Gasteiger partial charge in [-0.25, -0.2) is 4.98 Å². The first-order valence-corrected chi connectivity index (χ1v) is 5.04. The molecule has 0 aliphatic carbocycles. The summed E-state index contributed by atoms with van der Waals surface area (Å²) >= 11 is 0. The molecule has 1 rings (SSSR count). The van der Waals surface area contributed by atoms with E-state index in [-0.39, 0.29) is 30.4 Å². The van der Waals surface area contributed by atoms with E-state index in [2.05, 4.69) is 9.97 Å². The molecule has 0 unspecified atom stereocenters. The number of rotatable bonds is 5. The van der Waals surface area contributed by atoms with Crippen LogP contribution in [0, 0.1) is 0 Å². The lowest BCUT2D eigenvalue weighted by Crippen LogP contribution is -2.37. The Hall–Kier alpha value is -1.85. The van der Waals surface area contributed by atoms with Gasteiger partial charge in [0.2, 0.25) is 0 Å². The van der Waals surface area contributed by atoms with Crippen LogP contribution in [0.25, 0.3) is 0 Å². The van der Waals surface area contributed by atoms with Gasteiger partial charge in [-0.1, -0.05) is 0 Å². The van der Waals surface area contributed by atoms with Gasteiger partial charge in [0.05, 0.1) is 6.42 Å². The Balaban J connectivity index is 2.90. The lowest BCUT2D eigenvalue weighted by atomic mass is 10.3. The molecule has 2 N–H and O–H groups in total. The Morgan fingerprint density at radius 2 is 2.31 bits per heavy atom. The zero-order valence-corrected chi connectivity index (χ0v) is 9.30. The quantitative estimate of drug-likeness (QED) is 0.760. The highest BCUT2D eigenvalue weighted by Gasteiger charge is 2.15. The first-order chi connectivity index (χ1) is 7.52. The van der Waals surface area contributed by atoms with Gasteiger partial charge in [0.25, 0.3) is 5.56 Å². The van der Waals surface area contributed by atoms with Crippen molar-refractivity contribution >= 4 is 11.8 Å². The van der Waals surface area contributed by atoms with Crippen LogP contribution in [0.5, 0.6) is 0 Å². The molecule has 0 saturated carbocycles. The molecule has 16 heavy (non-hydrogen) atoms. The first kappa shape index (κ1) is 12.2. The van der Waals surface area contributed by atoms with Crippen LogP contribution >= 0.6 is 0 Å². The third kappa shape index (κ3) is 3.08. The maximum Gasteiger partial charge on any atom is 0.305 e. The molecule has 0 atom stereocenters. The molecule has 6 heteroatoms. The normalized spacial score (nSPS) is 10.4. The van der Waals surface area contributed by atoms with E-state index in [1.165, 1.54) is 12.4 Å². The molecule has 6 nitrogen and oxygen atoms in total. The number of aromatic amines is 1. The van der Waals surface area contributed by atoms with E-state index in [0.29, 0.717) is 0 Å². The number of nitrogens with one attached hydrogen (secondary N) is 1. The van der Waals surface area contributed by atoms with Crippen molar-refractivity contribution in [2.45, 2.75) is 26.3 Å². The minimum Gasteiger partial charge on any atom is -0.481 e. The molecule has 0 amide bonds. The average molecular weight is 225 g/mol. The van der Waals surface area contributed by atoms with Crippen molar-refractivity contribution in [3.63, 3.8) is 0 Å². The lowest BCUT2D eigenvalue weighted by molar-refractivity contribution is -0.136. The van der Waals surface area contributed by atoms with E-state index in [1.54, 1.807) is 4.90 Å². The monoisotopic (exact) mass is 225 g/mol. The molecule has 0 aliphatic rings. The van der Waals surface area contributed by atoms with Crippen LogP contribution in [0.1, 0.15) is 20.3 Å². The number of carbonyl (C=O) groups is 1. The third-order valence-corrected chi connectivity index (χ3v) is 2.15. The number of hydrogen-bond acceptors (Lipinski definition) is 4. The fourth-order valence-corrected chi connectivity index (χ4v) is 1.37. The fourth-order valence-electron chi connectivity index (χ4n) is 1.37. The molecule has 1 heterocycles. The zero-order valence-electron chi connectivity index (χ0n) is 9.30. The number of aromatic nitrogens is 2. The Labute approximate surface area is 92.9 Å². The maximum atomic E-state index is 11.5. The largest absolute Gasteiger partial charge is 0.481 e. The Morgan fingerprint density at radius 3 is 2.81 bits per heavy atom. The second-order valence-corrected chi connectivity index (χ2v) is 3.67. The molecule has 88 valence electrons. The fraction of sp³-hybridized carbons (Fsp3) is 0.500. The number of anilines is 1. The minimum atomic E-state index is -0.891. The van der Waals surface area contributed by atoms with Crippen molar-refractivity contribution in [1.29, 1.82) is 0 Å². The van der Waals surface area contributed by atoms with Crippen LogP contribution in [0.15, 0.2) is 17.2 Å². The Bertz CT molecular complexity index is 414. The van der Waals surface area contributed by atoms with Crippen LogP contribution in [0.2, 0.25) is 0 Å². The number of nitrogens with zero attached hydrogens (tertiary/aromatic N) is 2. The summed E-state index contributed by atoms with van der Waals surface area (Å²) in [6.07, 6.45) is 2.91. The van der Waals surface area contributed by atoms with Gasteiger partial charge in [-0.15, -0.1) is 0 Å².